The lowest BCUT2D eigenvalue weighted by Gasteiger charge is -2.13. The quantitative estimate of drug-likeness (QED) is 0.532. The zero-order valence-corrected chi connectivity index (χ0v) is 17.8. The summed E-state index contributed by atoms with van der Waals surface area (Å²) in [5.41, 5.74) is 4.87. The zero-order valence-electron chi connectivity index (χ0n) is 17.8. The highest BCUT2D eigenvalue weighted by atomic mass is 16.1. The number of amides is 1. The fourth-order valence-corrected chi connectivity index (χ4v) is 3.66. The molecule has 0 bridgehead atoms. The fraction of sp³-hybridized carbons (Fsp3) is 0.304. The molecule has 0 saturated carbocycles. The van der Waals surface area contributed by atoms with Gasteiger partial charge in [0.2, 0.25) is 0 Å². The van der Waals surface area contributed by atoms with E-state index in [9.17, 15) is 4.79 Å². The number of rotatable bonds is 6. The fourth-order valence-electron chi connectivity index (χ4n) is 3.66. The maximum atomic E-state index is 13.2. The number of nitrogens with one attached hydrogen (secondary N) is 1. The van der Waals surface area contributed by atoms with Crippen molar-refractivity contribution in [3.05, 3.63) is 76.9 Å². The molecule has 1 atom stereocenters. The van der Waals surface area contributed by atoms with Gasteiger partial charge in [-0.15, -0.1) is 0 Å². The van der Waals surface area contributed by atoms with Gasteiger partial charge in [0.25, 0.3) is 5.91 Å². The van der Waals surface area contributed by atoms with E-state index in [1.165, 1.54) is 0 Å². The first-order valence-electron chi connectivity index (χ1n) is 10.2. The van der Waals surface area contributed by atoms with Crippen LogP contribution in [0.25, 0.3) is 11.0 Å². The summed E-state index contributed by atoms with van der Waals surface area (Å²) in [5.74, 6) is -0.147. The number of aryl methyl sites for hydroxylation is 3. The lowest BCUT2D eigenvalue weighted by molar-refractivity contribution is 0.0940. The van der Waals surface area contributed by atoms with Crippen molar-refractivity contribution in [2.24, 2.45) is 0 Å². The van der Waals surface area contributed by atoms with Crippen LogP contribution in [0.15, 0.2) is 48.7 Å². The van der Waals surface area contributed by atoms with Crippen molar-refractivity contribution in [2.45, 2.75) is 46.8 Å². The number of carbonyl (C=O) groups is 1. The van der Waals surface area contributed by atoms with E-state index in [4.69, 9.17) is 4.98 Å². The second-order valence-corrected chi connectivity index (χ2v) is 7.53. The van der Waals surface area contributed by atoms with Gasteiger partial charge in [0.15, 0.2) is 5.65 Å². The van der Waals surface area contributed by atoms with E-state index in [1.54, 1.807) is 0 Å². The molecule has 7 heteroatoms. The molecule has 154 valence electrons. The monoisotopic (exact) mass is 402 g/mol. The van der Waals surface area contributed by atoms with Crippen molar-refractivity contribution in [1.82, 2.24) is 29.9 Å². The van der Waals surface area contributed by atoms with Crippen LogP contribution in [0.1, 0.15) is 52.9 Å². The van der Waals surface area contributed by atoms with Gasteiger partial charge in [-0.05, 0) is 45.4 Å². The Balaban J connectivity index is 1.67. The molecule has 1 N–H and O–H groups in total. The van der Waals surface area contributed by atoms with Gasteiger partial charge in [-0.2, -0.15) is 10.2 Å². The van der Waals surface area contributed by atoms with E-state index in [-0.39, 0.29) is 11.9 Å². The highest BCUT2D eigenvalue weighted by Crippen LogP contribution is 2.24. The van der Waals surface area contributed by atoms with Gasteiger partial charge < -0.3 is 5.32 Å². The van der Waals surface area contributed by atoms with Crippen LogP contribution in [-0.2, 0) is 13.1 Å². The van der Waals surface area contributed by atoms with E-state index in [2.05, 4.69) is 27.6 Å². The molecule has 7 nitrogen and oxygen atoms in total. The van der Waals surface area contributed by atoms with Gasteiger partial charge in [-0.1, -0.05) is 30.3 Å². The molecule has 0 aliphatic carbocycles. The van der Waals surface area contributed by atoms with Crippen LogP contribution in [0.5, 0.6) is 0 Å². The first-order chi connectivity index (χ1) is 14.5. The van der Waals surface area contributed by atoms with Gasteiger partial charge in [0.1, 0.15) is 0 Å². The van der Waals surface area contributed by atoms with Gasteiger partial charge in [0.05, 0.1) is 34.9 Å². The lowest BCUT2D eigenvalue weighted by atomic mass is 10.1. The molecule has 0 aliphatic rings. The zero-order chi connectivity index (χ0) is 21.3. The summed E-state index contributed by atoms with van der Waals surface area (Å²) in [6, 6.07) is 13.7. The van der Waals surface area contributed by atoms with Crippen molar-refractivity contribution in [3.63, 3.8) is 0 Å². The van der Waals surface area contributed by atoms with Gasteiger partial charge in [0, 0.05) is 18.4 Å². The Morgan fingerprint density at radius 3 is 2.60 bits per heavy atom. The molecule has 3 aromatic heterocycles. The average Bonchev–Trinajstić information content (AvgIpc) is 3.33. The SMILES string of the molecule is CCn1ccc(C(C)NC(=O)c2cc(C)nc3c2c(C)nn3Cc2ccccc2)n1. The maximum absolute atomic E-state index is 13.2. The summed E-state index contributed by atoms with van der Waals surface area (Å²) in [6.45, 7) is 9.20. The summed E-state index contributed by atoms with van der Waals surface area (Å²) < 4.78 is 3.72. The van der Waals surface area contributed by atoms with Crippen molar-refractivity contribution in [3.8, 4) is 0 Å². The van der Waals surface area contributed by atoms with Crippen LogP contribution < -0.4 is 5.32 Å². The maximum Gasteiger partial charge on any atom is 0.252 e. The van der Waals surface area contributed by atoms with Crippen LogP contribution in [0.4, 0.5) is 0 Å². The third-order valence-electron chi connectivity index (χ3n) is 5.20. The molecule has 1 amide bonds. The number of benzene rings is 1. The molecule has 1 aromatic carbocycles. The first-order valence-corrected chi connectivity index (χ1v) is 10.2. The normalized spacial score (nSPS) is 12.3. The second kappa shape index (κ2) is 8.10. The smallest absolute Gasteiger partial charge is 0.252 e. The summed E-state index contributed by atoms with van der Waals surface area (Å²) in [7, 11) is 0. The molecule has 0 saturated heterocycles. The molecule has 0 radical (unpaired) electrons. The Morgan fingerprint density at radius 2 is 1.90 bits per heavy atom. The number of fused-ring (bicyclic) bond motifs is 1. The molecule has 4 rings (SSSR count). The molecule has 0 spiro atoms. The number of pyridine rings is 1. The van der Waals surface area contributed by atoms with E-state index in [0.29, 0.717) is 12.1 Å². The minimum atomic E-state index is -0.200. The number of carbonyl (C=O) groups excluding carboxylic acids is 1. The van der Waals surface area contributed by atoms with E-state index in [0.717, 1.165) is 40.2 Å². The van der Waals surface area contributed by atoms with Gasteiger partial charge >= 0.3 is 0 Å². The Bertz CT molecular complexity index is 1190. The van der Waals surface area contributed by atoms with Crippen molar-refractivity contribution in [2.75, 3.05) is 0 Å². The Morgan fingerprint density at radius 1 is 1.13 bits per heavy atom. The molecule has 4 aromatic rings. The first kappa shape index (κ1) is 19.8. The number of nitrogens with zero attached hydrogens (tertiary/aromatic N) is 5. The molecule has 3 heterocycles. The highest BCUT2D eigenvalue weighted by Gasteiger charge is 2.21. The van der Waals surface area contributed by atoms with Crippen LogP contribution in [-0.4, -0.2) is 30.5 Å². The van der Waals surface area contributed by atoms with Crippen molar-refractivity contribution in [1.29, 1.82) is 0 Å². The molecule has 30 heavy (non-hydrogen) atoms. The van der Waals surface area contributed by atoms with E-state index in [1.807, 2.05) is 73.6 Å². The minimum absolute atomic E-state index is 0.147. The van der Waals surface area contributed by atoms with Gasteiger partial charge in [-0.3, -0.25) is 9.48 Å². The van der Waals surface area contributed by atoms with Crippen molar-refractivity contribution >= 4 is 16.9 Å². The minimum Gasteiger partial charge on any atom is -0.344 e. The third kappa shape index (κ3) is 3.83. The van der Waals surface area contributed by atoms with Crippen molar-refractivity contribution < 1.29 is 4.79 Å². The van der Waals surface area contributed by atoms with Crippen LogP contribution in [0, 0.1) is 13.8 Å². The van der Waals surface area contributed by atoms with E-state index < -0.39 is 0 Å². The lowest BCUT2D eigenvalue weighted by Crippen LogP contribution is -2.27. The Hall–Kier alpha value is -3.48. The van der Waals surface area contributed by atoms with Crippen LogP contribution in [0.3, 0.4) is 0 Å². The summed E-state index contributed by atoms with van der Waals surface area (Å²) in [6.07, 6.45) is 1.92. The van der Waals surface area contributed by atoms with Crippen LogP contribution >= 0.6 is 0 Å². The predicted octanol–water partition coefficient (Wildman–Crippen LogP) is 3.80. The topological polar surface area (TPSA) is 77.6 Å². The number of aromatic nitrogens is 5. The molecular formula is C23H26N6O. The standard InChI is InChI=1S/C23H26N6O/c1-5-28-12-11-20(27-28)16(3)25-23(30)19-13-15(2)24-22-21(19)17(4)26-29(22)14-18-9-7-6-8-10-18/h6-13,16H,5,14H2,1-4H3,(H,25,30). The summed E-state index contributed by atoms with van der Waals surface area (Å²) in [5, 5.41) is 13.0. The van der Waals surface area contributed by atoms with E-state index >= 15 is 0 Å². The molecular weight excluding hydrogens is 376 g/mol. The summed E-state index contributed by atoms with van der Waals surface area (Å²) in [4.78, 5) is 17.9. The van der Waals surface area contributed by atoms with Gasteiger partial charge in [-0.25, -0.2) is 9.67 Å². The molecule has 0 fully saturated rings. The number of hydrogen-bond acceptors (Lipinski definition) is 4. The Labute approximate surface area is 175 Å². The molecule has 0 aliphatic heterocycles. The highest BCUT2D eigenvalue weighted by molar-refractivity contribution is 6.06. The molecule has 1 unspecified atom stereocenters. The third-order valence-corrected chi connectivity index (χ3v) is 5.20. The average molecular weight is 403 g/mol. The number of hydrogen-bond donors (Lipinski definition) is 1. The largest absolute Gasteiger partial charge is 0.344 e. The predicted molar refractivity (Wildman–Crippen MR) is 116 cm³/mol. The summed E-state index contributed by atoms with van der Waals surface area (Å²) >= 11 is 0. The van der Waals surface area contributed by atoms with Crippen LogP contribution in [0.2, 0.25) is 0 Å². The Kier molecular flexibility index (Phi) is 5.35. The second-order valence-electron chi connectivity index (χ2n) is 7.53.